The monoisotopic (exact) mass is 406 g/mol. The van der Waals surface area contributed by atoms with Crippen LogP contribution in [0.5, 0.6) is 0 Å². The van der Waals surface area contributed by atoms with Gasteiger partial charge in [-0.3, -0.25) is 10.1 Å². The summed E-state index contributed by atoms with van der Waals surface area (Å²) < 4.78 is 1.65. The molecule has 0 atom stereocenters. The fraction of sp³-hybridized carbons (Fsp3) is 0.250. The zero-order chi connectivity index (χ0) is 19.8. The van der Waals surface area contributed by atoms with Gasteiger partial charge in [0.15, 0.2) is 0 Å². The number of hydrogen-bond donors (Lipinski definition) is 1. The summed E-state index contributed by atoms with van der Waals surface area (Å²) in [5.74, 6) is 1.27. The van der Waals surface area contributed by atoms with Crippen LogP contribution in [0.15, 0.2) is 42.7 Å². The topological polar surface area (TPSA) is 98.8 Å². The fourth-order valence-electron chi connectivity index (χ4n) is 3.73. The Hall–Kier alpha value is -3.33. The first-order valence-electron chi connectivity index (χ1n) is 9.48. The summed E-state index contributed by atoms with van der Waals surface area (Å²) in [6.07, 6.45) is 8.01. The second kappa shape index (κ2) is 7.25. The number of nitro groups is 1. The number of anilines is 1. The number of non-ortho nitro benzene ring substituents is 1. The van der Waals surface area contributed by atoms with Gasteiger partial charge in [0.05, 0.1) is 10.3 Å². The number of nitro benzene ring substituents is 1. The lowest BCUT2D eigenvalue weighted by atomic mass is 9.97. The quantitative estimate of drug-likeness (QED) is 0.392. The lowest BCUT2D eigenvalue weighted by Crippen LogP contribution is -2.08. The van der Waals surface area contributed by atoms with Crippen molar-refractivity contribution < 1.29 is 4.92 Å². The molecule has 0 saturated heterocycles. The molecule has 0 fully saturated rings. The number of benzene rings is 1. The molecule has 3 heterocycles. The SMILES string of the molecule is O=[N+]([O-])c1cccc(CNc2nc(-n3cccn3)nc3sc4c(c23)CCCC4)c1. The molecule has 146 valence electrons. The Kier molecular flexibility index (Phi) is 4.44. The van der Waals surface area contributed by atoms with E-state index in [4.69, 9.17) is 9.97 Å². The van der Waals surface area contributed by atoms with Crippen molar-refractivity contribution >= 4 is 33.1 Å². The van der Waals surface area contributed by atoms with Crippen molar-refractivity contribution in [3.05, 3.63) is 68.8 Å². The lowest BCUT2D eigenvalue weighted by Gasteiger charge is -2.13. The Labute approximate surface area is 170 Å². The van der Waals surface area contributed by atoms with E-state index >= 15 is 0 Å². The predicted octanol–water partition coefficient (Wildman–Crippen LogP) is 4.28. The van der Waals surface area contributed by atoms with Crippen molar-refractivity contribution in [1.82, 2.24) is 19.7 Å². The van der Waals surface area contributed by atoms with E-state index in [0.29, 0.717) is 12.5 Å². The standard InChI is InChI=1S/C20H18N6O2S/c27-26(28)14-6-3-5-13(11-14)12-21-18-17-15-7-1-2-8-16(15)29-19(17)24-20(23-18)25-10-4-9-22-25/h3-6,9-11H,1-2,7-8,12H2,(H,21,23,24). The highest BCUT2D eigenvalue weighted by molar-refractivity contribution is 7.19. The first-order chi connectivity index (χ1) is 14.2. The summed E-state index contributed by atoms with van der Waals surface area (Å²) in [6.45, 7) is 0.441. The molecule has 4 aromatic rings. The van der Waals surface area contributed by atoms with Crippen LogP contribution in [0.4, 0.5) is 11.5 Å². The molecule has 1 aromatic carbocycles. The van der Waals surface area contributed by atoms with E-state index in [1.165, 1.54) is 29.3 Å². The minimum Gasteiger partial charge on any atom is -0.365 e. The molecule has 1 aliphatic carbocycles. The highest BCUT2D eigenvalue weighted by Gasteiger charge is 2.21. The summed E-state index contributed by atoms with van der Waals surface area (Å²) in [5, 5.41) is 19.8. The third kappa shape index (κ3) is 3.33. The molecule has 9 heteroatoms. The number of rotatable bonds is 5. The van der Waals surface area contributed by atoms with Gasteiger partial charge in [0.25, 0.3) is 11.6 Å². The van der Waals surface area contributed by atoms with Crippen LogP contribution in [0.25, 0.3) is 16.2 Å². The Morgan fingerprint density at radius 2 is 2.10 bits per heavy atom. The third-order valence-corrected chi connectivity index (χ3v) is 6.28. The van der Waals surface area contributed by atoms with Crippen molar-refractivity contribution in [2.75, 3.05) is 5.32 Å². The van der Waals surface area contributed by atoms with Gasteiger partial charge in [-0.1, -0.05) is 12.1 Å². The minimum atomic E-state index is -0.378. The van der Waals surface area contributed by atoms with Crippen LogP contribution in [0.2, 0.25) is 0 Å². The number of nitrogens with one attached hydrogen (secondary N) is 1. The second-order valence-corrected chi connectivity index (χ2v) is 8.08. The van der Waals surface area contributed by atoms with Gasteiger partial charge in [-0.2, -0.15) is 15.1 Å². The van der Waals surface area contributed by atoms with E-state index in [0.717, 1.165) is 34.4 Å². The molecule has 29 heavy (non-hydrogen) atoms. The number of nitrogens with zero attached hydrogens (tertiary/aromatic N) is 5. The van der Waals surface area contributed by atoms with Gasteiger partial charge in [0.1, 0.15) is 10.6 Å². The fourth-order valence-corrected chi connectivity index (χ4v) is 4.99. The molecule has 0 spiro atoms. The second-order valence-electron chi connectivity index (χ2n) is 6.99. The average molecular weight is 406 g/mol. The van der Waals surface area contributed by atoms with Crippen LogP contribution in [-0.2, 0) is 19.4 Å². The van der Waals surface area contributed by atoms with Crippen molar-refractivity contribution in [1.29, 1.82) is 0 Å². The maximum absolute atomic E-state index is 11.1. The minimum absolute atomic E-state index is 0.0854. The highest BCUT2D eigenvalue weighted by atomic mass is 32.1. The summed E-state index contributed by atoms with van der Waals surface area (Å²) in [6, 6.07) is 8.49. The maximum Gasteiger partial charge on any atom is 0.269 e. The summed E-state index contributed by atoms with van der Waals surface area (Å²) in [4.78, 5) is 22.5. The van der Waals surface area contributed by atoms with Crippen molar-refractivity contribution in [2.45, 2.75) is 32.2 Å². The zero-order valence-electron chi connectivity index (χ0n) is 15.5. The van der Waals surface area contributed by atoms with Crippen LogP contribution in [0.1, 0.15) is 28.8 Å². The summed E-state index contributed by atoms with van der Waals surface area (Å²) in [5.41, 5.74) is 2.25. The first kappa shape index (κ1) is 17.7. The predicted molar refractivity (Wildman–Crippen MR) is 112 cm³/mol. The van der Waals surface area contributed by atoms with Crippen LogP contribution in [0, 0.1) is 10.1 Å². The van der Waals surface area contributed by atoms with E-state index in [9.17, 15) is 10.1 Å². The zero-order valence-corrected chi connectivity index (χ0v) is 16.4. The van der Waals surface area contributed by atoms with Crippen molar-refractivity contribution in [3.8, 4) is 5.95 Å². The van der Waals surface area contributed by atoms with E-state index in [1.54, 1.807) is 34.3 Å². The Balaban J connectivity index is 1.56. The summed E-state index contributed by atoms with van der Waals surface area (Å²) in [7, 11) is 0. The summed E-state index contributed by atoms with van der Waals surface area (Å²) >= 11 is 1.73. The van der Waals surface area contributed by atoms with Crippen LogP contribution in [-0.4, -0.2) is 24.7 Å². The van der Waals surface area contributed by atoms with Crippen molar-refractivity contribution in [2.24, 2.45) is 0 Å². The van der Waals surface area contributed by atoms with Gasteiger partial charge in [0, 0.05) is 35.9 Å². The molecule has 5 rings (SSSR count). The van der Waals surface area contributed by atoms with Crippen molar-refractivity contribution in [3.63, 3.8) is 0 Å². The highest BCUT2D eigenvalue weighted by Crippen LogP contribution is 2.39. The number of hydrogen-bond acceptors (Lipinski definition) is 7. The number of thiophene rings is 1. The van der Waals surface area contributed by atoms with Crippen LogP contribution >= 0.6 is 11.3 Å². The van der Waals surface area contributed by atoms with Crippen LogP contribution in [0.3, 0.4) is 0 Å². The molecule has 1 aliphatic rings. The Morgan fingerprint density at radius 3 is 2.93 bits per heavy atom. The van der Waals surface area contributed by atoms with Gasteiger partial charge < -0.3 is 5.32 Å². The van der Waals surface area contributed by atoms with Gasteiger partial charge >= 0.3 is 0 Å². The van der Waals surface area contributed by atoms with Gasteiger partial charge in [0.2, 0.25) is 0 Å². The molecular formula is C20H18N6O2S. The van der Waals surface area contributed by atoms with E-state index < -0.39 is 0 Å². The van der Waals surface area contributed by atoms with E-state index in [-0.39, 0.29) is 10.6 Å². The molecular weight excluding hydrogens is 388 g/mol. The molecule has 1 N–H and O–H groups in total. The van der Waals surface area contributed by atoms with Gasteiger partial charge in [-0.05, 0) is 42.9 Å². The number of aryl methyl sites for hydroxylation is 2. The van der Waals surface area contributed by atoms with Gasteiger partial charge in [-0.15, -0.1) is 11.3 Å². The maximum atomic E-state index is 11.1. The van der Waals surface area contributed by atoms with E-state index in [2.05, 4.69) is 10.4 Å². The molecule has 0 radical (unpaired) electrons. The molecule has 0 aliphatic heterocycles. The first-order valence-corrected chi connectivity index (χ1v) is 10.3. The smallest absolute Gasteiger partial charge is 0.269 e. The van der Waals surface area contributed by atoms with Gasteiger partial charge in [-0.25, -0.2) is 4.68 Å². The number of aromatic nitrogens is 4. The Morgan fingerprint density at radius 1 is 1.21 bits per heavy atom. The molecule has 0 bridgehead atoms. The molecule has 0 unspecified atom stereocenters. The molecule has 3 aromatic heterocycles. The largest absolute Gasteiger partial charge is 0.365 e. The normalized spacial score (nSPS) is 13.4. The molecule has 0 saturated carbocycles. The molecule has 8 nitrogen and oxygen atoms in total. The third-order valence-electron chi connectivity index (χ3n) is 5.09. The van der Waals surface area contributed by atoms with E-state index in [1.807, 2.05) is 18.3 Å². The Bertz CT molecular complexity index is 1200. The average Bonchev–Trinajstić information content (AvgIpc) is 3.40. The molecule has 0 amide bonds. The number of fused-ring (bicyclic) bond motifs is 3. The van der Waals surface area contributed by atoms with Crippen LogP contribution < -0.4 is 5.32 Å². The lowest BCUT2D eigenvalue weighted by molar-refractivity contribution is -0.384.